The van der Waals surface area contributed by atoms with Gasteiger partial charge in [0.15, 0.2) is 5.54 Å². The number of hydrogen-bond donors (Lipinski definition) is 2. The number of nitrogens with zero attached hydrogens (tertiary/aromatic N) is 1. The molecule has 0 aromatic heterocycles. The van der Waals surface area contributed by atoms with Crippen LogP contribution in [0.5, 0.6) is 0 Å². The van der Waals surface area contributed by atoms with Gasteiger partial charge in [0.1, 0.15) is 0 Å². The van der Waals surface area contributed by atoms with Crippen molar-refractivity contribution in [2.45, 2.75) is 18.6 Å². The van der Waals surface area contributed by atoms with Crippen LogP contribution in [0.4, 0.5) is 24.5 Å². The molecule has 0 saturated carbocycles. The summed E-state index contributed by atoms with van der Waals surface area (Å²) in [6.45, 7) is 0.535. The zero-order valence-corrected chi connectivity index (χ0v) is 9.69. The van der Waals surface area contributed by atoms with Crippen LogP contribution in [0.3, 0.4) is 0 Å². The smallest absolute Gasteiger partial charge is 0.324 e. The molecule has 1 aromatic rings. The van der Waals surface area contributed by atoms with Crippen molar-refractivity contribution in [1.82, 2.24) is 0 Å². The highest BCUT2D eigenvalue weighted by Gasteiger charge is 2.53. The summed E-state index contributed by atoms with van der Waals surface area (Å²) >= 11 is 0. The molecule has 19 heavy (non-hydrogen) atoms. The lowest BCUT2D eigenvalue weighted by atomic mass is 10.0. The molecule has 1 aromatic carbocycles. The molecule has 0 aliphatic heterocycles. The first-order valence-corrected chi connectivity index (χ1v) is 4.97. The van der Waals surface area contributed by atoms with Crippen LogP contribution < -0.4 is 11.1 Å². The summed E-state index contributed by atoms with van der Waals surface area (Å²) in [5, 5.41) is 12.3. The van der Waals surface area contributed by atoms with Crippen LogP contribution in [0.25, 0.3) is 0 Å². The average molecular weight is 277 g/mol. The third-order valence-corrected chi connectivity index (χ3v) is 2.40. The summed E-state index contributed by atoms with van der Waals surface area (Å²) < 4.78 is 37.4. The summed E-state index contributed by atoms with van der Waals surface area (Å²) in [6.07, 6.45) is -4.90. The highest BCUT2D eigenvalue weighted by molar-refractivity contribution is 5.98. The summed E-state index contributed by atoms with van der Waals surface area (Å²) in [5.74, 6) is -1.45. The Kier molecular flexibility index (Phi) is 3.80. The topological polar surface area (TPSA) is 98.3 Å². The number of anilines is 1. The minimum atomic E-state index is -4.90. The zero-order valence-electron chi connectivity index (χ0n) is 9.69. The molecule has 6 nitrogen and oxygen atoms in total. The van der Waals surface area contributed by atoms with Gasteiger partial charge in [-0.15, -0.1) is 0 Å². The molecule has 0 aliphatic rings. The molecule has 0 spiro atoms. The fourth-order valence-electron chi connectivity index (χ4n) is 1.06. The first kappa shape index (κ1) is 14.9. The summed E-state index contributed by atoms with van der Waals surface area (Å²) in [5.41, 5.74) is 1.61. The maximum absolute atomic E-state index is 12.5. The number of non-ortho nitro benzene ring substituents is 1. The lowest BCUT2D eigenvalue weighted by Crippen LogP contribution is -2.59. The normalized spacial score (nSPS) is 14.6. The van der Waals surface area contributed by atoms with Crippen molar-refractivity contribution in [2.75, 3.05) is 5.32 Å². The fraction of sp³-hybridized carbons (Fsp3) is 0.300. The number of rotatable bonds is 3. The van der Waals surface area contributed by atoms with E-state index in [0.29, 0.717) is 6.92 Å². The molecular formula is C10H10F3N3O3. The predicted molar refractivity (Wildman–Crippen MR) is 60.4 cm³/mol. The highest BCUT2D eigenvalue weighted by atomic mass is 19.4. The molecular weight excluding hydrogens is 267 g/mol. The zero-order chi connectivity index (χ0) is 14.8. The molecule has 1 rings (SSSR count). The number of hydrogen-bond acceptors (Lipinski definition) is 4. The summed E-state index contributed by atoms with van der Waals surface area (Å²) in [4.78, 5) is 21.1. The summed E-state index contributed by atoms with van der Waals surface area (Å²) in [6, 6.07) is 4.33. The average Bonchev–Trinajstić information content (AvgIpc) is 2.28. The maximum Gasteiger partial charge on any atom is 0.415 e. The predicted octanol–water partition coefficient (Wildman–Crippen LogP) is 1.81. The second kappa shape index (κ2) is 4.84. The monoisotopic (exact) mass is 277 g/mol. The lowest BCUT2D eigenvalue weighted by molar-refractivity contribution is -0.384. The van der Waals surface area contributed by atoms with E-state index in [9.17, 15) is 28.1 Å². The van der Waals surface area contributed by atoms with Crippen molar-refractivity contribution in [3.8, 4) is 0 Å². The molecule has 1 amide bonds. The van der Waals surface area contributed by atoms with Crippen molar-refractivity contribution in [1.29, 1.82) is 0 Å². The number of halogens is 3. The van der Waals surface area contributed by atoms with E-state index in [2.05, 4.69) is 0 Å². The summed E-state index contributed by atoms with van der Waals surface area (Å²) in [7, 11) is 0. The largest absolute Gasteiger partial charge is 0.415 e. The molecule has 0 aliphatic carbocycles. The van der Waals surface area contributed by atoms with Gasteiger partial charge in [-0.3, -0.25) is 14.9 Å². The van der Waals surface area contributed by atoms with Gasteiger partial charge in [-0.1, -0.05) is 0 Å². The number of nitrogens with two attached hydrogens (primary N) is 1. The number of carbonyl (C=O) groups excluding carboxylic acids is 1. The quantitative estimate of drug-likeness (QED) is 0.650. The molecule has 0 heterocycles. The van der Waals surface area contributed by atoms with Crippen LogP contribution in [0.1, 0.15) is 6.92 Å². The van der Waals surface area contributed by atoms with Gasteiger partial charge in [-0.2, -0.15) is 13.2 Å². The Bertz CT molecular complexity index is 497. The van der Waals surface area contributed by atoms with E-state index in [0.717, 1.165) is 24.3 Å². The first-order chi connectivity index (χ1) is 8.55. The van der Waals surface area contributed by atoms with Crippen LogP contribution in [-0.4, -0.2) is 22.5 Å². The molecule has 104 valence electrons. The van der Waals surface area contributed by atoms with E-state index in [1.165, 1.54) is 0 Å². The third-order valence-electron chi connectivity index (χ3n) is 2.40. The maximum atomic E-state index is 12.5. The minimum absolute atomic E-state index is 0.0171. The lowest BCUT2D eigenvalue weighted by Gasteiger charge is -2.26. The van der Waals surface area contributed by atoms with Crippen molar-refractivity contribution in [3.63, 3.8) is 0 Å². The van der Waals surface area contributed by atoms with Gasteiger partial charge in [0.25, 0.3) is 11.6 Å². The van der Waals surface area contributed by atoms with Gasteiger partial charge in [0.05, 0.1) is 4.92 Å². The number of nitrogens with one attached hydrogen (secondary N) is 1. The molecule has 0 fully saturated rings. The number of alkyl halides is 3. The van der Waals surface area contributed by atoms with E-state index in [-0.39, 0.29) is 11.4 Å². The van der Waals surface area contributed by atoms with Crippen LogP contribution in [-0.2, 0) is 4.79 Å². The van der Waals surface area contributed by atoms with E-state index in [1.54, 1.807) is 0 Å². The highest BCUT2D eigenvalue weighted by Crippen LogP contribution is 2.29. The van der Waals surface area contributed by atoms with Crippen molar-refractivity contribution >= 4 is 17.3 Å². The van der Waals surface area contributed by atoms with Gasteiger partial charge < -0.3 is 11.1 Å². The van der Waals surface area contributed by atoms with Crippen molar-refractivity contribution in [3.05, 3.63) is 34.4 Å². The standard InChI is InChI=1S/C10H10F3N3O3/c1-9(14,10(11,12)13)8(17)15-6-2-4-7(5-3-6)16(18)19/h2-5H,14H2,1H3,(H,15,17). The van der Waals surface area contributed by atoms with E-state index < -0.39 is 22.5 Å². The SMILES string of the molecule is CC(N)(C(=O)Nc1ccc([N+](=O)[O-])cc1)C(F)(F)F. The van der Waals surface area contributed by atoms with Gasteiger partial charge in [-0.05, 0) is 19.1 Å². The number of nitro benzene ring substituents is 1. The minimum Gasteiger partial charge on any atom is -0.324 e. The fourth-order valence-corrected chi connectivity index (χ4v) is 1.06. The molecule has 1 unspecified atom stereocenters. The van der Waals surface area contributed by atoms with Gasteiger partial charge in [-0.25, -0.2) is 0 Å². The van der Waals surface area contributed by atoms with Gasteiger partial charge in [0.2, 0.25) is 0 Å². The number of amides is 1. The van der Waals surface area contributed by atoms with Crippen molar-refractivity contribution in [2.24, 2.45) is 5.73 Å². The van der Waals surface area contributed by atoms with E-state index in [1.807, 2.05) is 5.32 Å². The Labute approximate surface area is 105 Å². The van der Waals surface area contributed by atoms with Crippen LogP contribution in [0, 0.1) is 10.1 Å². The van der Waals surface area contributed by atoms with E-state index in [4.69, 9.17) is 5.73 Å². The van der Waals surface area contributed by atoms with E-state index >= 15 is 0 Å². The number of nitro groups is 1. The van der Waals surface area contributed by atoms with Crippen LogP contribution in [0.2, 0.25) is 0 Å². The molecule has 0 saturated heterocycles. The molecule has 0 radical (unpaired) electrons. The molecule has 9 heteroatoms. The molecule has 3 N–H and O–H groups in total. The first-order valence-electron chi connectivity index (χ1n) is 4.97. The Morgan fingerprint density at radius 2 is 1.79 bits per heavy atom. The third kappa shape index (κ3) is 3.19. The molecule has 0 bridgehead atoms. The van der Waals surface area contributed by atoms with Gasteiger partial charge in [0, 0.05) is 17.8 Å². The van der Waals surface area contributed by atoms with Crippen LogP contribution >= 0.6 is 0 Å². The van der Waals surface area contributed by atoms with Gasteiger partial charge >= 0.3 is 6.18 Å². The number of benzene rings is 1. The van der Waals surface area contributed by atoms with Crippen molar-refractivity contribution < 1.29 is 22.9 Å². The van der Waals surface area contributed by atoms with Crippen LogP contribution in [0.15, 0.2) is 24.3 Å². The Morgan fingerprint density at radius 1 is 1.32 bits per heavy atom. The second-order valence-electron chi connectivity index (χ2n) is 3.96. The Hall–Kier alpha value is -2.16. The number of carbonyl (C=O) groups is 1. The Balaban J connectivity index is 2.86. The Morgan fingerprint density at radius 3 is 2.16 bits per heavy atom. The molecule has 1 atom stereocenters. The second-order valence-corrected chi connectivity index (χ2v) is 3.96.